The number of benzene rings is 1. The lowest BCUT2D eigenvalue weighted by Gasteiger charge is -2.33. The normalized spacial score (nSPS) is 20.9. The van der Waals surface area contributed by atoms with E-state index < -0.39 is 11.4 Å². The Morgan fingerprint density at radius 1 is 1.29 bits per heavy atom. The van der Waals surface area contributed by atoms with Crippen LogP contribution in [-0.2, 0) is 10.3 Å². The molecule has 0 aromatic heterocycles. The average molecular weight is 294 g/mol. The SMILES string of the molecule is CNCCC1(CCCCOC)c2ccccc2C(=O)N1F. The quantitative estimate of drug-likeness (QED) is 0.592. The predicted octanol–water partition coefficient (Wildman–Crippen LogP) is 2.65. The molecule has 5 heteroatoms. The maximum absolute atomic E-state index is 14.7. The Kier molecular flexibility index (Phi) is 5.31. The van der Waals surface area contributed by atoms with Crippen LogP contribution < -0.4 is 5.32 Å². The Hall–Kier alpha value is -1.46. The fraction of sp³-hybridized carbons (Fsp3) is 0.562. The molecular formula is C16H23FN2O2. The van der Waals surface area contributed by atoms with Gasteiger partial charge in [0.15, 0.2) is 0 Å². The molecule has 1 amide bonds. The molecule has 1 atom stereocenters. The summed E-state index contributed by atoms with van der Waals surface area (Å²) in [6.07, 6.45) is 2.86. The van der Waals surface area contributed by atoms with Crippen LogP contribution in [0.15, 0.2) is 24.3 Å². The number of unbranched alkanes of at least 4 members (excludes halogenated alkanes) is 1. The lowest BCUT2D eigenvalue weighted by atomic mass is 9.82. The predicted molar refractivity (Wildman–Crippen MR) is 79.7 cm³/mol. The van der Waals surface area contributed by atoms with Gasteiger partial charge in [0, 0.05) is 19.3 Å². The number of nitrogens with one attached hydrogen (secondary N) is 1. The highest BCUT2D eigenvalue weighted by molar-refractivity contribution is 5.99. The van der Waals surface area contributed by atoms with E-state index in [0.717, 1.165) is 18.4 Å². The smallest absolute Gasteiger partial charge is 0.282 e. The molecule has 1 aromatic carbocycles. The Morgan fingerprint density at radius 3 is 2.76 bits per heavy atom. The van der Waals surface area contributed by atoms with Crippen LogP contribution in [0.2, 0.25) is 0 Å². The third-order valence-electron chi connectivity index (χ3n) is 4.19. The molecular weight excluding hydrogens is 271 g/mol. The lowest BCUT2D eigenvalue weighted by Crippen LogP contribution is -2.40. The number of rotatable bonds is 8. The van der Waals surface area contributed by atoms with Crippen LogP contribution in [0, 0.1) is 0 Å². The lowest BCUT2D eigenvalue weighted by molar-refractivity contribution is -0.0558. The summed E-state index contributed by atoms with van der Waals surface area (Å²) in [6.45, 7) is 1.32. The van der Waals surface area contributed by atoms with Crippen LogP contribution >= 0.6 is 0 Å². The second kappa shape index (κ2) is 7.00. The van der Waals surface area contributed by atoms with Crippen molar-refractivity contribution in [2.75, 3.05) is 27.3 Å². The zero-order valence-corrected chi connectivity index (χ0v) is 12.7. The van der Waals surface area contributed by atoms with E-state index in [1.807, 2.05) is 19.2 Å². The number of hydrogen-bond acceptors (Lipinski definition) is 3. The molecule has 4 nitrogen and oxygen atoms in total. The number of methoxy groups -OCH3 is 1. The zero-order valence-electron chi connectivity index (χ0n) is 12.7. The largest absolute Gasteiger partial charge is 0.385 e. The van der Waals surface area contributed by atoms with E-state index in [0.29, 0.717) is 36.7 Å². The second-order valence-corrected chi connectivity index (χ2v) is 5.47. The van der Waals surface area contributed by atoms with Gasteiger partial charge >= 0.3 is 0 Å². The number of carbonyl (C=O) groups excluding carboxylic acids is 1. The van der Waals surface area contributed by atoms with Gasteiger partial charge in [-0.3, -0.25) is 4.79 Å². The van der Waals surface area contributed by atoms with E-state index >= 15 is 0 Å². The molecule has 0 radical (unpaired) electrons. The minimum Gasteiger partial charge on any atom is -0.385 e. The molecule has 1 aromatic rings. The van der Waals surface area contributed by atoms with E-state index in [1.54, 1.807) is 19.2 Å². The number of amides is 1. The fourth-order valence-corrected chi connectivity index (χ4v) is 3.07. The highest BCUT2D eigenvalue weighted by Gasteiger charge is 2.49. The topological polar surface area (TPSA) is 41.6 Å². The average Bonchev–Trinajstić information content (AvgIpc) is 2.73. The van der Waals surface area contributed by atoms with E-state index in [4.69, 9.17) is 4.74 Å². The van der Waals surface area contributed by atoms with E-state index in [9.17, 15) is 9.28 Å². The Balaban J connectivity index is 2.28. The van der Waals surface area contributed by atoms with Gasteiger partial charge in [-0.2, -0.15) is 5.12 Å². The van der Waals surface area contributed by atoms with Crippen LogP contribution in [0.4, 0.5) is 4.48 Å². The Labute approximate surface area is 125 Å². The monoisotopic (exact) mass is 294 g/mol. The molecule has 1 aliphatic rings. The first-order chi connectivity index (χ1) is 10.2. The van der Waals surface area contributed by atoms with Crippen molar-refractivity contribution >= 4 is 5.91 Å². The van der Waals surface area contributed by atoms with E-state index in [-0.39, 0.29) is 0 Å². The molecule has 2 rings (SSSR count). The molecule has 21 heavy (non-hydrogen) atoms. The maximum atomic E-state index is 14.7. The van der Waals surface area contributed by atoms with Crippen LogP contribution in [0.5, 0.6) is 0 Å². The summed E-state index contributed by atoms with van der Waals surface area (Å²) in [6, 6.07) is 7.23. The van der Waals surface area contributed by atoms with Crippen LogP contribution in [0.3, 0.4) is 0 Å². The van der Waals surface area contributed by atoms with Gasteiger partial charge in [-0.1, -0.05) is 22.7 Å². The third-order valence-corrected chi connectivity index (χ3v) is 4.19. The zero-order chi connectivity index (χ0) is 15.3. The summed E-state index contributed by atoms with van der Waals surface area (Å²) < 4.78 is 19.7. The highest BCUT2D eigenvalue weighted by atomic mass is 19.2. The van der Waals surface area contributed by atoms with Crippen molar-refractivity contribution in [1.29, 1.82) is 0 Å². The first-order valence-electron chi connectivity index (χ1n) is 7.41. The molecule has 1 unspecified atom stereocenters. The summed E-state index contributed by atoms with van der Waals surface area (Å²) in [5.74, 6) is -0.520. The summed E-state index contributed by atoms with van der Waals surface area (Å²) in [7, 11) is 3.50. The van der Waals surface area contributed by atoms with Crippen LogP contribution in [0.1, 0.15) is 41.6 Å². The molecule has 0 saturated heterocycles. The standard InChI is InChI=1S/C16H23FN2O2/c1-18-11-10-16(9-5-6-12-21-2)14-8-4-3-7-13(14)15(20)19(16)17/h3-4,7-8,18H,5-6,9-12H2,1-2H3. The van der Waals surface area contributed by atoms with Crippen molar-refractivity contribution in [2.24, 2.45) is 0 Å². The third kappa shape index (κ3) is 2.94. The first kappa shape index (κ1) is 15.9. The van der Waals surface area contributed by atoms with Gasteiger partial charge in [-0.15, -0.1) is 0 Å². The highest BCUT2D eigenvalue weighted by Crippen LogP contribution is 2.45. The maximum Gasteiger partial charge on any atom is 0.282 e. The molecule has 0 saturated carbocycles. The molecule has 0 aliphatic carbocycles. The van der Waals surface area contributed by atoms with Gasteiger partial charge in [0.25, 0.3) is 5.91 Å². The van der Waals surface area contributed by atoms with Crippen molar-refractivity contribution < 1.29 is 14.0 Å². The molecule has 1 aliphatic heterocycles. The Bertz CT molecular complexity index is 495. The number of ether oxygens (including phenoxy) is 1. The molecule has 116 valence electrons. The molecule has 1 heterocycles. The second-order valence-electron chi connectivity index (χ2n) is 5.47. The van der Waals surface area contributed by atoms with Crippen LogP contribution in [-0.4, -0.2) is 38.3 Å². The number of hydrogen-bond donors (Lipinski definition) is 1. The van der Waals surface area contributed by atoms with Gasteiger partial charge in [0.2, 0.25) is 0 Å². The summed E-state index contributed by atoms with van der Waals surface area (Å²) in [5.41, 5.74) is 0.456. The van der Waals surface area contributed by atoms with Crippen molar-refractivity contribution in [3.63, 3.8) is 0 Å². The summed E-state index contributed by atoms with van der Waals surface area (Å²) in [5, 5.41) is 3.50. The van der Waals surface area contributed by atoms with Gasteiger partial charge in [0.05, 0.1) is 0 Å². The van der Waals surface area contributed by atoms with Crippen molar-refractivity contribution in [3.8, 4) is 0 Å². The summed E-state index contributed by atoms with van der Waals surface area (Å²) in [4.78, 5) is 12.2. The number of carbonyl (C=O) groups is 1. The molecule has 1 N–H and O–H groups in total. The molecule has 0 fully saturated rings. The van der Waals surface area contributed by atoms with Crippen molar-refractivity contribution in [1.82, 2.24) is 10.4 Å². The molecule has 0 bridgehead atoms. The minimum absolute atomic E-state index is 0.446. The fourth-order valence-electron chi connectivity index (χ4n) is 3.07. The van der Waals surface area contributed by atoms with Gasteiger partial charge < -0.3 is 10.1 Å². The number of nitrogens with zero attached hydrogens (tertiary/aromatic N) is 1. The molecule has 0 spiro atoms. The first-order valence-corrected chi connectivity index (χ1v) is 7.41. The van der Waals surface area contributed by atoms with Crippen LogP contribution in [0.25, 0.3) is 0 Å². The van der Waals surface area contributed by atoms with Crippen molar-refractivity contribution in [3.05, 3.63) is 35.4 Å². The number of fused-ring (bicyclic) bond motifs is 1. The summed E-state index contributed by atoms with van der Waals surface area (Å²) >= 11 is 0. The Morgan fingerprint density at radius 2 is 2.05 bits per heavy atom. The van der Waals surface area contributed by atoms with E-state index in [1.165, 1.54) is 0 Å². The number of halogens is 1. The van der Waals surface area contributed by atoms with E-state index in [2.05, 4.69) is 5.32 Å². The minimum atomic E-state index is -0.843. The van der Waals surface area contributed by atoms with Crippen molar-refractivity contribution in [2.45, 2.75) is 31.2 Å². The van der Waals surface area contributed by atoms with Gasteiger partial charge in [-0.05, 0) is 50.9 Å². The van der Waals surface area contributed by atoms with Gasteiger partial charge in [0.1, 0.15) is 5.54 Å². The van der Waals surface area contributed by atoms with Gasteiger partial charge in [-0.25, -0.2) is 0 Å².